The molecule has 0 saturated heterocycles. The Bertz CT molecular complexity index is 508. The minimum absolute atomic E-state index is 0.0190. The molecule has 0 N–H and O–H groups in total. The first-order valence-electron chi connectivity index (χ1n) is 5.04. The second-order valence-corrected chi connectivity index (χ2v) is 7.55. The summed E-state index contributed by atoms with van der Waals surface area (Å²) in [6.45, 7) is 2.03. The van der Waals surface area contributed by atoms with Crippen molar-refractivity contribution in [2.75, 3.05) is 13.7 Å². The van der Waals surface area contributed by atoms with Crippen molar-refractivity contribution in [3.05, 3.63) is 17.0 Å². The number of esters is 1. The summed E-state index contributed by atoms with van der Waals surface area (Å²) in [5, 5.41) is 0. The molecule has 0 amide bonds. The van der Waals surface area contributed by atoms with Gasteiger partial charge in [0, 0.05) is 22.7 Å². The lowest BCUT2D eigenvalue weighted by molar-refractivity contribution is -0.149. The summed E-state index contributed by atoms with van der Waals surface area (Å²) < 4.78 is 32.0. The Morgan fingerprint density at radius 2 is 2.17 bits per heavy atom. The zero-order valence-corrected chi connectivity index (χ0v) is 12.3. The van der Waals surface area contributed by atoms with E-state index in [-0.39, 0.29) is 16.7 Å². The molecule has 0 aliphatic carbocycles. The molecule has 0 saturated carbocycles. The Morgan fingerprint density at radius 3 is 2.67 bits per heavy atom. The number of rotatable bonds is 6. The maximum absolute atomic E-state index is 11.5. The van der Waals surface area contributed by atoms with Crippen LogP contribution in [-0.2, 0) is 29.7 Å². The number of carbonyl (C=O) groups excluding carboxylic acids is 1. The van der Waals surface area contributed by atoms with E-state index < -0.39 is 15.0 Å². The summed E-state index contributed by atoms with van der Waals surface area (Å²) in [5.74, 6) is -0.431. The van der Waals surface area contributed by atoms with Gasteiger partial charge >= 0.3 is 5.97 Å². The lowest BCUT2D eigenvalue weighted by atomic mass is 10.3. The van der Waals surface area contributed by atoms with Crippen LogP contribution in [0.3, 0.4) is 0 Å². The quantitative estimate of drug-likeness (QED) is 0.592. The third-order valence-electron chi connectivity index (χ3n) is 1.93. The Balaban J connectivity index is 2.58. The lowest BCUT2D eigenvalue weighted by Gasteiger charge is -2.11. The average molecular weight is 313 g/mol. The van der Waals surface area contributed by atoms with Crippen molar-refractivity contribution in [1.29, 1.82) is 0 Å². The van der Waals surface area contributed by atoms with Crippen molar-refractivity contribution in [3.63, 3.8) is 0 Å². The zero-order chi connectivity index (χ0) is 13.8. The minimum atomic E-state index is -3.73. The largest absolute Gasteiger partial charge is 0.460 e. The predicted octanol–water partition coefficient (Wildman–Crippen LogP) is 1.80. The molecule has 0 aromatic carbocycles. The maximum Gasteiger partial charge on any atom is 0.311 e. The molecular weight excluding hydrogens is 300 g/mol. The van der Waals surface area contributed by atoms with Gasteiger partial charge in [-0.2, -0.15) is 0 Å². The first-order valence-corrected chi connectivity index (χ1v) is 8.17. The van der Waals surface area contributed by atoms with E-state index in [1.54, 1.807) is 13.0 Å². The van der Waals surface area contributed by atoms with E-state index >= 15 is 0 Å². The predicted molar refractivity (Wildman–Crippen MR) is 68.5 cm³/mol. The molecule has 1 rings (SSSR count). The van der Waals surface area contributed by atoms with E-state index in [0.29, 0.717) is 11.5 Å². The Hall–Kier alpha value is -0.630. The number of halogens is 1. The molecule has 102 valence electrons. The van der Waals surface area contributed by atoms with Crippen molar-refractivity contribution in [2.24, 2.45) is 0 Å². The highest BCUT2D eigenvalue weighted by Gasteiger charge is 2.16. The molecule has 8 heteroatoms. The van der Waals surface area contributed by atoms with Gasteiger partial charge in [0.1, 0.15) is 10.3 Å². The Kier molecular flexibility index (Phi) is 5.58. The summed E-state index contributed by atoms with van der Waals surface area (Å²) in [6, 6.07) is 2.91. The smallest absolute Gasteiger partial charge is 0.311 e. The van der Waals surface area contributed by atoms with Crippen LogP contribution in [-0.4, -0.2) is 34.2 Å². The fraction of sp³-hybridized carbons (Fsp3) is 0.500. The summed E-state index contributed by atoms with van der Waals surface area (Å²) in [5.41, 5.74) is 0. The van der Waals surface area contributed by atoms with Crippen LogP contribution in [0.5, 0.6) is 0 Å². The molecule has 18 heavy (non-hydrogen) atoms. The van der Waals surface area contributed by atoms with Gasteiger partial charge in [0.15, 0.2) is 0 Å². The normalized spacial score (nSPS) is 13.3. The van der Waals surface area contributed by atoms with E-state index in [2.05, 4.69) is 0 Å². The summed E-state index contributed by atoms with van der Waals surface area (Å²) in [7, 11) is 2.97. The highest BCUT2D eigenvalue weighted by atomic mass is 35.7. The first kappa shape index (κ1) is 15.4. The van der Waals surface area contributed by atoms with Gasteiger partial charge in [-0.15, -0.1) is 11.3 Å². The van der Waals surface area contributed by atoms with Crippen LogP contribution in [0.1, 0.15) is 11.8 Å². The van der Waals surface area contributed by atoms with Gasteiger partial charge in [0.25, 0.3) is 9.05 Å². The van der Waals surface area contributed by atoms with E-state index in [1.165, 1.54) is 13.2 Å². The van der Waals surface area contributed by atoms with Gasteiger partial charge in [-0.25, -0.2) is 8.42 Å². The molecule has 0 aliphatic rings. The molecule has 0 fully saturated rings. The third-order valence-corrected chi connectivity index (χ3v) is 5.11. The van der Waals surface area contributed by atoms with Crippen LogP contribution in [0.2, 0.25) is 0 Å². The van der Waals surface area contributed by atoms with Crippen molar-refractivity contribution < 1.29 is 22.7 Å². The van der Waals surface area contributed by atoms with Crippen LogP contribution in [0.4, 0.5) is 0 Å². The zero-order valence-electron chi connectivity index (χ0n) is 9.88. The second kappa shape index (κ2) is 6.51. The number of hydrogen-bond acceptors (Lipinski definition) is 6. The van der Waals surface area contributed by atoms with Crippen molar-refractivity contribution in [2.45, 2.75) is 23.7 Å². The highest BCUT2D eigenvalue weighted by molar-refractivity contribution is 8.15. The van der Waals surface area contributed by atoms with Gasteiger partial charge in [-0.3, -0.25) is 4.79 Å². The number of thiophene rings is 1. The fourth-order valence-corrected chi connectivity index (χ4v) is 3.37. The summed E-state index contributed by atoms with van der Waals surface area (Å²) in [4.78, 5) is 12.1. The van der Waals surface area contributed by atoms with Gasteiger partial charge in [0.2, 0.25) is 0 Å². The van der Waals surface area contributed by atoms with Crippen molar-refractivity contribution >= 4 is 37.0 Å². The maximum atomic E-state index is 11.5. The van der Waals surface area contributed by atoms with Gasteiger partial charge in [-0.1, -0.05) is 0 Å². The molecule has 1 heterocycles. The molecular formula is C10H13ClO5S2. The molecule has 0 spiro atoms. The Morgan fingerprint density at radius 1 is 1.50 bits per heavy atom. The second-order valence-electron chi connectivity index (χ2n) is 3.59. The molecule has 1 atom stereocenters. The van der Waals surface area contributed by atoms with Crippen LogP contribution >= 0.6 is 22.0 Å². The Labute approximate surface area is 114 Å². The number of ether oxygens (including phenoxy) is 2. The molecule has 1 aromatic rings. The summed E-state index contributed by atoms with van der Waals surface area (Å²) in [6.07, 6.45) is -0.316. The average Bonchev–Trinajstić information content (AvgIpc) is 2.65. The standard InChI is InChI=1S/C10H13ClO5S2/c1-7(6-15-2)16-9(12)5-8-3-4-10(17-8)18(11,13)14/h3-4,7H,5-6H2,1-2H3. The SMILES string of the molecule is COCC(C)OC(=O)Cc1ccc(S(=O)(=O)Cl)s1. The van der Waals surface area contributed by atoms with Crippen LogP contribution in [0.15, 0.2) is 16.3 Å². The van der Waals surface area contributed by atoms with E-state index in [1.807, 2.05) is 0 Å². The van der Waals surface area contributed by atoms with E-state index in [0.717, 1.165) is 11.3 Å². The monoisotopic (exact) mass is 312 g/mol. The first-order chi connectivity index (χ1) is 8.32. The fourth-order valence-electron chi connectivity index (χ4n) is 1.26. The van der Waals surface area contributed by atoms with E-state index in [9.17, 15) is 13.2 Å². The van der Waals surface area contributed by atoms with Crippen molar-refractivity contribution in [3.8, 4) is 0 Å². The van der Waals surface area contributed by atoms with Gasteiger partial charge < -0.3 is 9.47 Å². The highest BCUT2D eigenvalue weighted by Crippen LogP contribution is 2.25. The third kappa shape index (κ3) is 4.93. The molecule has 0 bridgehead atoms. The molecule has 1 unspecified atom stereocenters. The van der Waals surface area contributed by atoms with E-state index in [4.69, 9.17) is 20.2 Å². The topological polar surface area (TPSA) is 69.7 Å². The van der Waals surface area contributed by atoms with Crippen LogP contribution in [0, 0.1) is 0 Å². The molecule has 5 nitrogen and oxygen atoms in total. The number of hydrogen-bond donors (Lipinski definition) is 0. The minimum Gasteiger partial charge on any atom is -0.460 e. The van der Waals surface area contributed by atoms with Crippen LogP contribution < -0.4 is 0 Å². The van der Waals surface area contributed by atoms with Crippen LogP contribution in [0.25, 0.3) is 0 Å². The van der Waals surface area contributed by atoms with Crippen molar-refractivity contribution in [1.82, 2.24) is 0 Å². The lowest BCUT2D eigenvalue weighted by Crippen LogP contribution is -2.20. The van der Waals surface area contributed by atoms with Gasteiger partial charge in [-0.05, 0) is 19.1 Å². The molecule has 1 aromatic heterocycles. The molecule has 0 radical (unpaired) electrons. The van der Waals surface area contributed by atoms with Gasteiger partial charge in [0.05, 0.1) is 13.0 Å². The summed E-state index contributed by atoms with van der Waals surface area (Å²) >= 11 is 0.957. The molecule has 0 aliphatic heterocycles. The number of methoxy groups -OCH3 is 1. The number of carbonyl (C=O) groups is 1.